The second kappa shape index (κ2) is 4.47. The highest BCUT2D eigenvalue weighted by Crippen LogP contribution is 2.36. The maximum Gasteiger partial charge on any atom is 0.417 e. The molecule has 4 nitrogen and oxygen atoms in total. The highest BCUT2D eigenvalue weighted by atomic mass is 19.4. The Balaban J connectivity index is 2.25. The van der Waals surface area contributed by atoms with Crippen LogP contribution in [0.15, 0.2) is 36.4 Å². The number of benzene rings is 1. The lowest BCUT2D eigenvalue weighted by molar-refractivity contribution is -0.137. The molecule has 0 amide bonds. The zero-order valence-corrected chi connectivity index (χ0v) is 11.0. The number of aromatic nitrogens is 3. The third kappa shape index (κ3) is 2.31. The summed E-state index contributed by atoms with van der Waals surface area (Å²) in [5.74, 6) is 0.301. The first kappa shape index (κ1) is 13.4. The molecule has 0 unspecified atom stereocenters. The lowest BCUT2D eigenvalue weighted by Crippen LogP contribution is -2.07. The Labute approximate surface area is 118 Å². The Hall–Kier alpha value is -2.57. The van der Waals surface area contributed by atoms with E-state index in [1.807, 2.05) is 0 Å². The molecule has 0 aliphatic rings. The number of fused-ring (bicyclic) bond motifs is 1. The van der Waals surface area contributed by atoms with Gasteiger partial charge in [0.1, 0.15) is 5.82 Å². The van der Waals surface area contributed by atoms with Crippen LogP contribution in [0.3, 0.4) is 0 Å². The van der Waals surface area contributed by atoms with Crippen molar-refractivity contribution in [3.05, 3.63) is 47.7 Å². The van der Waals surface area contributed by atoms with E-state index >= 15 is 0 Å². The average Bonchev–Trinajstić information content (AvgIpc) is 2.81. The standard InChI is InChI=1S/C14H11F3N4/c1-8-6-12(18)19-13-7-11(20-21(8)13)9-4-2-3-5-10(9)14(15,16)17/h2-7H,1H3,(H2,18,19). The highest BCUT2D eigenvalue weighted by Gasteiger charge is 2.33. The fourth-order valence-corrected chi connectivity index (χ4v) is 2.24. The number of aryl methyl sites for hydroxylation is 1. The number of hydrogen-bond donors (Lipinski definition) is 1. The fourth-order valence-electron chi connectivity index (χ4n) is 2.24. The van der Waals surface area contributed by atoms with E-state index in [9.17, 15) is 13.2 Å². The van der Waals surface area contributed by atoms with E-state index in [4.69, 9.17) is 5.73 Å². The Morgan fingerprint density at radius 2 is 1.86 bits per heavy atom. The minimum absolute atomic E-state index is 0.0217. The molecule has 21 heavy (non-hydrogen) atoms. The van der Waals surface area contributed by atoms with E-state index in [0.29, 0.717) is 17.2 Å². The van der Waals surface area contributed by atoms with Crippen LogP contribution in [0.4, 0.5) is 19.0 Å². The average molecular weight is 292 g/mol. The molecule has 7 heteroatoms. The maximum absolute atomic E-state index is 13.1. The fraction of sp³-hybridized carbons (Fsp3) is 0.143. The van der Waals surface area contributed by atoms with E-state index in [1.165, 1.54) is 22.7 Å². The molecule has 0 bridgehead atoms. The molecule has 0 aliphatic heterocycles. The summed E-state index contributed by atoms with van der Waals surface area (Å²) in [6.07, 6.45) is -4.44. The molecule has 2 aromatic heterocycles. The number of hydrogen-bond acceptors (Lipinski definition) is 3. The van der Waals surface area contributed by atoms with Gasteiger partial charge in [-0.05, 0) is 13.0 Å². The third-order valence-corrected chi connectivity index (χ3v) is 3.13. The molecule has 0 aliphatic carbocycles. The van der Waals surface area contributed by atoms with Gasteiger partial charge in [-0.25, -0.2) is 9.50 Å². The third-order valence-electron chi connectivity index (χ3n) is 3.13. The van der Waals surface area contributed by atoms with Gasteiger partial charge in [0, 0.05) is 23.4 Å². The van der Waals surface area contributed by atoms with Gasteiger partial charge in [0.2, 0.25) is 0 Å². The first-order valence-corrected chi connectivity index (χ1v) is 6.16. The van der Waals surface area contributed by atoms with Crippen molar-refractivity contribution in [2.24, 2.45) is 0 Å². The van der Waals surface area contributed by atoms with Crippen molar-refractivity contribution in [1.82, 2.24) is 14.6 Å². The van der Waals surface area contributed by atoms with Gasteiger partial charge in [0.25, 0.3) is 0 Å². The summed E-state index contributed by atoms with van der Waals surface area (Å²) in [6.45, 7) is 1.76. The molecular weight excluding hydrogens is 281 g/mol. The van der Waals surface area contributed by atoms with E-state index < -0.39 is 11.7 Å². The number of nitrogens with two attached hydrogens (primary N) is 1. The molecule has 0 radical (unpaired) electrons. The van der Waals surface area contributed by atoms with Crippen molar-refractivity contribution in [2.75, 3.05) is 5.73 Å². The molecule has 0 atom stereocenters. The molecule has 0 fully saturated rings. The van der Waals surface area contributed by atoms with Crippen molar-refractivity contribution < 1.29 is 13.2 Å². The number of nitrogens with zero attached hydrogens (tertiary/aromatic N) is 3. The van der Waals surface area contributed by atoms with E-state index in [0.717, 1.165) is 6.07 Å². The van der Waals surface area contributed by atoms with Crippen LogP contribution in [0.5, 0.6) is 0 Å². The van der Waals surface area contributed by atoms with E-state index in [1.54, 1.807) is 19.1 Å². The van der Waals surface area contributed by atoms with Crippen molar-refractivity contribution in [3.8, 4) is 11.3 Å². The minimum atomic E-state index is -4.44. The van der Waals surface area contributed by atoms with Gasteiger partial charge in [0.05, 0.1) is 11.3 Å². The minimum Gasteiger partial charge on any atom is -0.384 e. The van der Waals surface area contributed by atoms with E-state index in [2.05, 4.69) is 10.1 Å². The Morgan fingerprint density at radius 1 is 1.14 bits per heavy atom. The van der Waals surface area contributed by atoms with Crippen LogP contribution in [-0.4, -0.2) is 14.6 Å². The molecule has 1 aromatic carbocycles. The van der Waals surface area contributed by atoms with Gasteiger partial charge >= 0.3 is 6.18 Å². The van der Waals surface area contributed by atoms with Gasteiger partial charge < -0.3 is 5.73 Å². The molecule has 0 saturated carbocycles. The van der Waals surface area contributed by atoms with Gasteiger partial charge in [-0.1, -0.05) is 18.2 Å². The summed E-state index contributed by atoms with van der Waals surface area (Å²) in [7, 11) is 0. The summed E-state index contributed by atoms with van der Waals surface area (Å²) < 4.78 is 40.7. The summed E-state index contributed by atoms with van der Waals surface area (Å²) >= 11 is 0. The smallest absolute Gasteiger partial charge is 0.384 e. The summed E-state index contributed by atoms with van der Waals surface area (Å²) in [4.78, 5) is 4.07. The lowest BCUT2D eigenvalue weighted by Gasteiger charge is -2.10. The molecule has 0 saturated heterocycles. The number of alkyl halides is 3. The zero-order valence-electron chi connectivity index (χ0n) is 11.0. The van der Waals surface area contributed by atoms with Crippen molar-refractivity contribution >= 4 is 11.5 Å². The second-order valence-electron chi connectivity index (χ2n) is 4.67. The zero-order chi connectivity index (χ0) is 15.2. The van der Waals surface area contributed by atoms with Crippen LogP contribution < -0.4 is 5.73 Å². The van der Waals surface area contributed by atoms with Gasteiger partial charge in [-0.2, -0.15) is 18.3 Å². The Bertz CT molecular complexity index is 821. The molecular formula is C14H11F3N4. The first-order valence-electron chi connectivity index (χ1n) is 6.16. The Kier molecular flexibility index (Phi) is 2.86. The van der Waals surface area contributed by atoms with Gasteiger partial charge in [-0.15, -0.1) is 0 Å². The van der Waals surface area contributed by atoms with Gasteiger partial charge in [0.15, 0.2) is 5.65 Å². The second-order valence-corrected chi connectivity index (χ2v) is 4.67. The van der Waals surface area contributed by atoms with Crippen LogP contribution in [0.1, 0.15) is 11.3 Å². The molecule has 2 heterocycles. The first-order chi connectivity index (χ1) is 9.86. The molecule has 108 valence electrons. The summed E-state index contributed by atoms with van der Waals surface area (Å²) in [5, 5.41) is 4.20. The normalized spacial score (nSPS) is 12.0. The van der Waals surface area contributed by atoms with E-state index in [-0.39, 0.29) is 11.3 Å². The van der Waals surface area contributed by atoms with Crippen LogP contribution in [0.2, 0.25) is 0 Å². The number of anilines is 1. The molecule has 3 rings (SSSR count). The SMILES string of the molecule is Cc1cc(N)nc2cc(-c3ccccc3C(F)(F)F)nn12. The Morgan fingerprint density at radius 3 is 2.57 bits per heavy atom. The predicted molar refractivity (Wildman–Crippen MR) is 72.6 cm³/mol. The lowest BCUT2D eigenvalue weighted by atomic mass is 10.0. The van der Waals surface area contributed by atoms with Gasteiger partial charge in [-0.3, -0.25) is 0 Å². The van der Waals surface area contributed by atoms with Crippen molar-refractivity contribution in [3.63, 3.8) is 0 Å². The largest absolute Gasteiger partial charge is 0.417 e. The van der Waals surface area contributed by atoms with Crippen LogP contribution in [0.25, 0.3) is 16.9 Å². The molecule has 2 N–H and O–H groups in total. The topological polar surface area (TPSA) is 56.2 Å². The van der Waals surface area contributed by atoms with Crippen LogP contribution in [-0.2, 0) is 6.18 Å². The number of rotatable bonds is 1. The predicted octanol–water partition coefficient (Wildman–Crippen LogP) is 3.31. The monoisotopic (exact) mass is 292 g/mol. The highest BCUT2D eigenvalue weighted by molar-refractivity contribution is 5.68. The molecule has 3 aromatic rings. The number of halogens is 3. The van der Waals surface area contributed by atoms with Crippen molar-refractivity contribution in [2.45, 2.75) is 13.1 Å². The molecule has 0 spiro atoms. The van der Waals surface area contributed by atoms with Crippen molar-refractivity contribution in [1.29, 1.82) is 0 Å². The quantitative estimate of drug-likeness (QED) is 0.748. The summed E-state index contributed by atoms with van der Waals surface area (Å²) in [5.41, 5.74) is 6.27. The summed E-state index contributed by atoms with van der Waals surface area (Å²) in [6, 6.07) is 8.43. The van der Waals surface area contributed by atoms with Crippen LogP contribution in [0, 0.1) is 6.92 Å². The number of nitrogen functional groups attached to an aromatic ring is 1. The van der Waals surface area contributed by atoms with Crippen LogP contribution >= 0.6 is 0 Å². The maximum atomic E-state index is 13.1.